The van der Waals surface area contributed by atoms with Crippen molar-refractivity contribution >= 4 is 11.6 Å². The number of aryl methyl sites for hydroxylation is 2. The highest BCUT2D eigenvalue weighted by Gasteiger charge is 2.33. The number of amides is 1. The third-order valence-electron chi connectivity index (χ3n) is 5.60. The Morgan fingerprint density at radius 3 is 2.56 bits per heavy atom. The van der Waals surface area contributed by atoms with Crippen LogP contribution >= 0.6 is 0 Å². The van der Waals surface area contributed by atoms with E-state index in [0.717, 1.165) is 33.7 Å². The minimum Gasteiger partial charge on any atom is -0.485 e. The summed E-state index contributed by atoms with van der Waals surface area (Å²) >= 11 is 0. The zero-order valence-electron chi connectivity index (χ0n) is 15.7. The van der Waals surface area contributed by atoms with Gasteiger partial charge >= 0.3 is 0 Å². The zero-order valence-corrected chi connectivity index (χ0v) is 15.7. The largest absolute Gasteiger partial charge is 0.485 e. The molecule has 1 amide bonds. The molecule has 2 aliphatic rings. The first-order valence-electron chi connectivity index (χ1n) is 9.35. The molecule has 2 aliphatic heterocycles. The summed E-state index contributed by atoms with van der Waals surface area (Å²) in [5.41, 5.74) is 8.68. The van der Waals surface area contributed by atoms with E-state index in [-0.39, 0.29) is 12.0 Å². The molecule has 0 saturated carbocycles. The normalized spacial score (nSPS) is 17.2. The molecule has 0 radical (unpaired) electrons. The number of benzene rings is 3. The Hall–Kier alpha value is -3.07. The SMILES string of the molecule is Cc1cc(C)c2c(c1)OC(C)c1cc3c(cc1-2)CN(c1ccccc1)C3=O. The van der Waals surface area contributed by atoms with Crippen LogP contribution in [0.25, 0.3) is 11.1 Å². The fourth-order valence-electron chi connectivity index (χ4n) is 4.37. The molecule has 0 bridgehead atoms. The maximum absolute atomic E-state index is 13.0. The van der Waals surface area contributed by atoms with Gasteiger partial charge in [0, 0.05) is 22.4 Å². The average Bonchev–Trinajstić information content (AvgIpc) is 2.97. The molecule has 134 valence electrons. The van der Waals surface area contributed by atoms with Crippen molar-refractivity contribution in [3.63, 3.8) is 0 Å². The molecule has 0 N–H and O–H groups in total. The lowest BCUT2D eigenvalue weighted by atomic mass is 9.87. The van der Waals surface area contributed by atoms with Gasteiger partial charge in [0.05, 0.1) is 6.54 Å². The minimum absolute atomic E-state index is 0.0672. The van der Waals surface area contributed by atoms with Gasteiger partial charge in [0.2, 0.25) is 0 Å². The molecule has 0 fully saturated rings. The van der Waals surface area contributed by atoms with Crippen LogP contribution in [-0.4, -0.2) is 5.91 Å². The molecule has 3 aromatic carbocycles. The molecule has 3 heteroatoms. The highest BCUT2D eigenvalue weighted by Crippen LogP contribution is 2.46. The molecule has 3 aromatic rings. The van der Waals surface area contributed by atoms with Crippen molar-refractivity contribution < 1.29 is 9.53 Å². The third kappa shape index (κ3) is 2.38. The van der Waals surface area contributed by atoms with E-state index in [1.54, 1.807) is 0 Å². The molecule has 3 nitrogen and oxygen atoms in total. The maximum atomic E-state index is 13.0. The van der Waals surface area contributed by atoms with E-state index in [9.17, 15) is 4.79 Å². The summed E-state index contributed by atoms with van der Waals surface area (Å²) < 4.78 is 6.20. The maximum Gasteiger partial charge on any atom is 0.258 e. The first-order chi connectivity index (χ1) is 13.0. The summed E-state index contributed by atoms with van der Waals surface area (Å²) in [7, 11) is 0. The summed E-state index contributed by atoms with van der Waals surface area (Å²) in [6.45, 7) is 6.89. The van der Waals surface area contributed by atoms with Crippen molar-refractivity contribution in [1.82, 2.24) is 0 Å². The first kappa shape index (κ1) is 16.1. The third-order valence-corrected chi connectivity index (χ3v) is 5.60. The van der Waals surface area contributed by atoms with E-state index in [1.165, 1.54) is 16.7 Å². The van der Waals surface area contributed by atoms with Crippen molar-refractivity contribution in [3.8, 4) is 16.9 Å². The van der Waals surface area contributed by atoms with Gasteiger partial charge in [-0.05, 0) is 73.4 Å². The molecular weight excluding hydrogens is 334 g/mol. The van der Waals surface area contributed by atoms with Crippen molar-refractivity contribution in [2.45, 2.75) is 33.4 Å². The Kier molecular flexibility index (Phi) is 3.41. The number of anilines is 1. The Morgan fingerprint density at radius 2 is 1.78 bits per heavy atom. The van der Waals surface area contributed by atoms with Crippen molar-refractivity contribution in [1.29, 1.82) is 0 Å². The number of ether oxygens (including phenoxy) is 1. The van der Waals surface area contributed by atoms with Crippen LogP contribution in [0, 0.1) is 13.8 Å². The van der Waals surface area contributed by atoms with E-state index < -0.39 is 0 Å². The van der Waals surface area contributed by atoms with E-state index in [1.807, 2.05) is 41.3 Å². The predicted molar refractivity (Wildman–Crippen MR) is 107 cm³/mol. The van der Waals surface area contributed by atoms with Crippen LogP contribution in [-0.2, 0) is 6.54 Å². The number of rotatable bonds is 1. The quantitative estimate of drug-likeness (QED) is 0.570. The van der Waals surface area contributed by atoms with Crippen LogP contribution in [0.15, 0.2) is 54.6 Å². The van der Waals surface area contributed by atoms with E-state index >= 15 is 0 Å². The van der Waals surface area contributed by atoms with Gasteiger partial charge in [0.15, 0.2) is 0 Å². The smallest absolute Gasteiger partial charge is 0.258 e. The van der Waals surface area contributed by atoms with Gasteiger partial charge in [-0.1, -0.05) is 24.3 Å². The van der Waals surface area contributed by atoms with Crippen molar-refractivity contribution in [3.05, 3.63) is 82.4 Å². The number of para-hydroxylation sites is 1. The Morgan fingerprint density at radius 1 is 1.00 bits per heavy atom. The fourth-order valence-corrected chi connectivity index (χ4v) is 4.37. The van der Waals surface area contributed by atoms with Crippen molar-refractivity contribution in [2.24, 2.45) is 0 Å². The second-order valence-corrected chi connectivity index (χ2v) is 7.54. The van der Waals surface area contributed by atoms with Gasteiger partial charge in [0.25, 0.3) is 5.91 Å². The number of hydrogen-bond donors (Lipinski definition) is 0. The number of fused-ring (bicyclic) bond motifs is 4. The van der Waals surface area contributed by atoms with Crippen LogP contribution in [0.2, 0.25) is 0 Å². The van der Waals surface area contributed by atoms with Crippen LogP contribution in [0.4, 0.5) is 5.69 Å². The molecule has 1 unspecified atom stereocenters. The van der Waals surface area contributed by atoms with Crippen LogP contribution in [0.5, 0.6) is 5.75 Å². The predicted octanol–water partition coefficient (Wildman–Crippen LogP) is 5.58. The van der Waals surface area contributed by atoms with E-state index in [4.69, 9.17) is 4.74 Å². The summed E-state index contributed by atoms with van der Waals surface area (Å²) in [6, 6.07) is 18.4. The topological polar surface area (TPSA) is 29.5 Å². The molecular formula is C24H21NO2. The molecule has 5 rings (SSSR count). The Labute approximate surface area is 159 Å². The molecule has 0 aliphatic carbocycles. The molecule has 1 atom stereocenters. The van der Waals surface area contributed by atoms with Crippen molar-refractivity contribution in [2.75, 3.05) is 4.90 Å². The number of nitrogens with zero attached hydrogens (tertiary/aromatic N) is 1. The standard InChI is InChI=1S/C24H21NO2/c1-14-9-15(2)23-21-11-17-13-25(18-7-5-4-6-8-18)24(26)20(17)12-19(21)16(3)27-22(23)10-14/h4-12,16H,13H2,1-3H3. The Balaban J connectivity index is 1.67. The summed E-state index contributed by atoms with van der Waals surface area (Å²) in [4.78, 5) is 14.9. The Bertz CT molecular complexity index is 1090. The van der Waals surface area contributed by atoms with Crippen LogP contribution in [0.3, 0.4) is 0 Å². The number of hydrogen-bond acceptors (Lipinski definition) is 2. The molecule has 0 aromatic heterocycles. The van der Waals surface area contributed by atoms with Gasteiger partial charge in [-0.25, -0.2) is 0 Å². The molecule has 0 saturated heterocycles. The lowest BCUT2D eigenvalue weighted by molar-refractivity contribution is 0.0996. The summed E-state index contributed by atoms with van der Waals surface area (Å²) in [6.07, 6.45) is -0.0717. The van der Waals surface area contributed by atoms with Gasteiger partial charge in [-0.15, -0.1) is 0 Å². The summed E-state index contributed by atoms with van der Waals surface area (Å²) in [5, 5.41) is 0. The van der Waals surface area contributed by atoms with E-state index in [2.05, 4.69) is 39.0 Å². The molecule has 27 heavy (non-hydrogen) atoms. The second-order valence-electron chi connectivity index (χ2n) is 7.54. The lowest BCUT2D eigenvalue weighted by Gasteiger charge is -2.28. The zero-order chi connectivity index (χ0) is 18.7. The highest BCUT2D eigenvalue weighted by atomic mass is 16.5. The minimum atomic E-state index is -0.0717. The first-order valence-corrected chi connectivity index (χ1v) is 9.35. The van der Waals surface area contributed by atoms with Crippen LogP contribution in [0.1, 0.15) is 45.6 Å². The second kappa shape index (κ2) is 5.71. The van der Waals surface area contributed by atoms with Gasteiger partial charge in [-0.3, -0.25) is 4.79 Å². The summed E-state index contributed by atoms with van der Waals surface area (Å²) in [5.74, 6) is 1.01. The van der Waals surface area contributed by atoms with Gasteiger partial charge in [-0.2, -0.15) is 0 Å². The number of carbonyl (C=O) groups excluding carboxylic acids is 1. The molecule has 0 spiro atoms. The average molecular weight is 355 g/mol. The van der Waals surface area contributed by atoms with Gasteiger partial charge < -0.3 is 9.64 Å². The number of carbonyl (C=O) groups is 1. The highest BCUT2D eigenvalue weighted by molar-refractivity contribution is 6.10. The monoisotopic (exact) mass is 355 g/mol. The van der Waals surface area contributed by atoms with Gasteiger partial charge in [0.1, 0.15) is 11.9 Å². The van der Waals surface area contributed by atoms with E-state index in [0.29, 0.717) is 6.54 Å². The molecule has 2 heterocycles. The fraction of sp³-hybridized carbons (Fsp3) is 0.208. The van der Waals surface area contributed by atoms with Crippen LogP contribution < -0.4 is 9.64 Å². The lowest BCUT2D eigenvalue weighted by Crippen LogP contribution is -2.22.